The van der Waals surface area contributed by atoms with Crippen molar-refractivity contribution in [1.29, 1.82) is 0 Å². The van der Waals surface area contributed by atoms with Crippen LogP contribution in [0.25, 0.3) is 6.08 Å². The standard InChI is InChI=1S/C15H19N3OS/c1-19-11-6-10-18-13-16-17-15(18)20-12-5-9-14-7-3-2-4-8-14/h2-5,7-9,13H,6,10-12H2,1H3. The molecule has 0 saturated carbocycles. The summed E-state index contributed by atoms with van der Waals surface area (Å²) in [5, 5.41) is 9.06. The number of thioether (sulfide) groups is 1. The van der Waals surface area contributed by atoms with E-state index < -0.39 is 0 Å². The number of rotatable bonds is 8. The van der Waals surface area contributed by atoms with E-state index in [1.165, 1.54) is 5.56 Å². The molecule has 2 aromatic rings. The molecule has 0 amide bonds. The highest BCUT2D eigenvalue weighted by Crippen LogP contribution is 2.15. The van der Waals surface area contributed by atoms with Gasteiger partial charge in [-0.1, -0.05) is 54.2 Å². The molecule has 0 radical (unpaired) electrons. The molecule has 0 aliphatic carbocycles. The van der Waals surface area contributed by atoms with Gasteiger partial charge < -0.3 is 9.30 Å². The molecule has 0 spiro atoms. The minimum atomic E-state index is 0.760. The molecule has 0 bridgehead atoms. The number of ether oxygens (including phenoxy) is 1. The molecule has 4 nitrogen and oxygen atoms in total. The zero-order valence-corrected chi connectivity index (χ0v) is 12.4. The first-order valence-electron chi connectivity index (χ1n) is 6.61. The Hall–Kier alpha value is -1.59. The van der Waals surface area contributed by atoms with Crippen LogP contribution in [0.3, 0.4) is 0 Å². The quantitative estimate of drug-likeness (QED) is 0.553. The Labute approximate surface area is 123 Å². The zero-order chi connectivity index (χ0) is 14.0. The van der Waals surface area contributed by atoms with Crippen molar-refractivity contribution in [3.05, 3.63) is 48.3 Å². The molecule has 1 aromatic heterocycles. The molecule has 20 heavy (non-hydrogen) atoms. The van der Waals surface area contributed by atoms with Gasteiger partial charge in [0.1, 0.15) is 6.33 Å². The Kier molecular flexibility index (Phi) is 6.34. The molecule has 0 aliphatic rings. The third-order valence-electron chi connectivity index (χ3n) is 2.75. The molecule has 0 saturated heterocycles. The molecular weight excluding hydrogens is 270 g/mol. The second-order valence-electron chi connectivity index (χ2n) is 4.28. The first-order valence-corrected chi connectivity index (χ1v) is 7.60. The largest absolute Gasteiger partial charge is 0.385 e. The predicted molar refractivity (Wildman–Crippen MR) is 82.7 cm³/mol. The van der Waals surface area contributed by atoms with E-state index in [-0.39, 0.29) is 0 Å². The zero-order valence-electron chi connectivity index (χ0n) is 11.6. The van der Waals surface area contributed by atoms with E-state index in [1.54, 1.807) is 25.2 Å². The minimum absolute atomic E-state index is 0.760. The molecule has 1 aromatic carbocycles. The monoisotopic (exact) mass is 289 g/mol. The average Bonchev–Trinajstić information content (AvgIpc) is 2.93. The second kappa shape index (κ2) is 8.55. The molecule has 0 N–H and O–H groups in total. The molecule has 0 aliphatic heterocycles. The van der Waals surface area contributed by atoms with Crippen molar-refractivity contribution in [1.82, 2.24) is 14.8 Å². The van der Waals surface area contributed by atoms with E-state index in [1.807, 2.05) is 18.2 Å². The van der Waals surface area contributed by atoms with E-state index in [0.717, 1.165) is 30.5 Å². The lowest BCUT2D eigenvalue weighted by atomic mass is 10.2. The minimum Gasteiger partial charge on any atom is -0.385 e. The number of benzene rings is 1. The number of nitrogens with zero attached hydrogens (tertiary/aromatic N) is 3. The first kappa shape index (κ1) is 14.8. The van der Waals surface area contributed by atoms with Crippen molar-refractivity contribution in [2.24, 2.45) is 0 Å². The maximum Gasteiger partial charge on any atom is 0.191 e. The maximum absolute atomic E-state index is 5.06. The van der Waals surface area contributed by atoms with Crippen LogP contribution in [0.5, 0.6) is 0 Å². The van der Waals surface area contributed by atoms with Crippen molar-refractivity contribution >= 4 is 17.8 Å². The summed E-state index contributed by atoms with van der Waals surface area (Å²) in [4.78, 5) is 0. The van der Waals surface area contributed by atoms with Gasteiger partial charge in [0.2, 0.25) is 0 Å². The Bertz CT molecular complexity index is 525. The van der Waals surface area contributed by atoms with Crippen molar-refractivity contribution in [2.75, 3.05) is 19.5 Å². The molecule has 5 heteroatoms. The van der Waals surface area contributed by atoms with Crippen LogP contribution in [0.4, 0.5) is 0 Å². The fourth-order valence-electron chi connectivity index (χ4n) is 1.76. The van der Waals surface area contributed by atoms with Crippen LogP contribution < -0.4 is 0 Å². The summed E-state index contributed by atoms with van der Waals surface area (Å²) < 4.78 is 7.12. The van der Waals surface area contributed by atoms with Crippen LogP contribution in [0.15, 0.2) is 47.9 Å². The Morgan fingerprint density at radius 3 is 2.95 bits per heavy atom. The van der Waals surface area contributed by atoms with E-state index in [9.17, 15) is 0 Å². The normalized spacial score (nSPS) is 11.2. The fraction of sp³-hybridized carbons (Fsp3) is 0.333. The Balaban J connectivity index is 1.79. The van der Waals surface area contributed by atoms with Crippen molar-refractivity contribution in [3.63, 3.8) is 0 Å². The molecule has 106 valence electrons. The smallest absolute Gasteiger partial charge is 0.191 e. The molecular formula is C15H19N3OS. The van der Waals surface area contributed by atoms with Gasteiger partial charge in [-0.25, -0.2) is 0 Å². The van der Waals surface area contributed by atoms with E-state index in [4.69, 9.17) is 4.74 Å². The summed E-state index contributed by atoms with van der Waals surface area (Å²) >= 11 is 1.69. The summed E-state index contributed by atoms with van der Waals surface area (Å²) in [6.45, 7) is 1.65. The number of methoxy groups -OCH3 is 1. The van der Waals surface area contributed by atoms with Gasteiger partial charge >= 0.3 is 0 Å². The van der Waals surface area contributed by atoms with E-state index >= 15 is 0 Å². The van der Waals surface area contributed by atoms with Gasteiger partial charge in [-0.2, -0.15) is 0 Å². The van der Waals surface area contributed by atoms with Crippen LogP contribution in [0, 0.1) is 0 Å². The highest BCUT2D eigenvalue weighted by molar-refractivity contribution is 7.99. The molecule has 0 unspecified atom stereocenters. The van der Waals surface area contributed by atoms with Crippen LogP contribution in [-0.2, 0) is 11.3 Å². The van der Waals surface area contributed by atoms with Crippen molar-refractivity contribution in [3.8, 4) is 0 Å². The third-order valence-corrected chi connectivity index (χ3v) is 3.68. The number of aryl methyl sites for hydroxylation is 1. The van der Waals surface area contributed by atoms with E-state index in [0.29, 0.717) is 0 Å². The predicted octanol–water partition coefficient (Wildman–Crippen LogP) is 3.12. The summed E-state index contributed by atoms with van der Waals surface area (Å²) in [6, 6.07) is 10.3. The van der Waals surface area contributed by atoms with Crippen molar-refractivity contribution < 1.29 is 4.74 Å². The first-order chi connectivity index (χ1) is 9.90. The summed E-state index contributed by atoms with van der Waals surface area (Å²) in [5.74, 6) is 0.887. The highest BCUT2D eigenvalue weighted by Gasteiger charge is 2.03. The van der Waals surface area contributed by atoms with Crippen LogP contribution >= 0.6 is 11.8 Å². The fourth-order valence-corrected chi connectivity index (χ4v) is 2.51. The molecule has 0 atom stereocenters. The van der Waals surface area contributed by atoms with Gasteiger partial charge in [0.25, 0.3) is 0 Å². The number of aromatic nitrogens is 3. The third kappa shape index (κ3) is 4.83. The highest BCUT2D eigenvalue weighted by atomic mass is 32.2. The second-order valence-corrected chi connectivity index (χ2v) is 5.26. The Morgan fingerprint density at radius 2 is 2.15 bits per heavy atom. The number of hydrogen-bond acceptors (Lipinski definition) is 4. The molecule has 2 rings (SSSR count). The Morgan fingerprint density at radius 1 is 1.30 bits per heavy atom. The van der Waals surface area contributed by atoms with Gasteiger partial charge in [-0.05, 0) is 12.0 Å². The van der Waals surface area contributed by atoms with Crippen LogP contribution in [0.2, 0.25) is 0 Å². The van der Waals surface area contributed by atoms with Crippen LogP contribution in [0.1, 0.15) is 12.0 Å². The van der Waals surface area contributed by atoms with Gasteiger partial charge in [0.05, 0.1) is 0 Å². The average molecular weight is 289 g/mol. The summed E-state index contributed by atoms with van der Waals surface area (Å²) in [6.07, 6.45) is 7.02. The lowest BCUT2D eigenvalue weighted by Gasteiger charge is -2.04. The lowest BCUT2D eigenvalue weighted by Crippen LogP contribution is -2.01. The number of hydrogen-bond donors (Lipinski definition) is 0. The SMILES string of the molecule is COCCCn1cnnc1SCC=Cc1ccccc1. The topological polar surface area (TPSA) is 39.9 Å². The lowest BCUT2D eigenvalue weighted by molar-refractivity contribution is 0.189. The van der Waals surface area contributed by atoms with Gasteiger partial charge in [-0.15, -0.1) is 10.2 Å². The molecule has 1 heterocycles. The van der Waals surface area contributed by atoms with E-state index in [2.05, 4.69) is 39.0 Å². The summed E-state index contributed by atoms with van der Waals surface area (Å²) in [5.41, 5.74) is 1.22. The van der Waals surface area contributed by atoms with Gasteiger partial charge in [0.15, 0.2) is 5.16 Å². The maximum atomic E-state index is 5.06. The van der Waals surface area contributed by atoms with Gasteiger partial charge in [-0.3, -0.25) is 0 Å². The van der Waals surface area contributed by atoms with Crippen molar-refractivity contribution in [2.45, 2.75) is 18.1 Å². The van der Waals surface area contributed by atoms with Gasteiger partial charge in [0, 0.05) is 26.0 Å². The summed E-state index contributed by atoms with van der Waals surface area (Å²) in [7, 11) is 1.72. The van der Waals surface area contributed by atoms with Crippen LogP contribution in [-0.4, -0.2) is 34.2 Å². The molecule has 0 fully saturated rings.